The summed E-state index contributed by atoms with van der Waals surface area (Å²) in [6, 6.07) is 6.40. The van der Waals surface area contributed by atoms with E-state index in [9.17, 15) is 14.0 Å². The smallest absolute Gasteiger partial charge is 0.297 e. The highest BCUT2D eigenvalue weighted by atomic mass is 32.2. The van der Waals surface area contributed by atoms with E-state index in [4.69, 9.17) is 0 Å². The number of amides is 1. The fourth-order valence-corrected chi connectivity index (χ4v) is 5.08. The standard InChI is InChI=1S/C20H23FN6O2S2/c1-20(2,3)16-17(29)27-18(23-22-16)31-19(24-27)30-12-15(28)26-10-8-25(9-11-26)14-6-4-13(21)5-7-14/h4-7H,8-12H2,1-3H3. The van der Waals surface area contributed by atoms with Crippen LogP contribution in [0.15, 0.2) is 33.4 Å². The van der Waals surface area contributed by atoms with Crippen LogP contribution in [0.3, 0.4) is 0 Å². The number of hydrogen-bond acceptors (Lipinski definition) is 8. The average Bonchev–Trinajstić information content (AvgIpc) is 3.16. The molecule has 1 aliphatic rings. The molecule has 0 saturated carbocycles. The molecule has 8 nitrogen and oxygen atoms in total. The number of fused-ring (bicyclic) bond motifs is 1. The highest BCUT2D eigenvalue weighted by Crippen LogP contribution is 2.25. The van der Waals surface area contributed by atoms with Crippen molar-refractivity contribution in [3.63, 3.8) is 0 Å². The minimum absolute atomic E-state index is 0.0248. The van der Waals surface area contributed by atoms with Crippen LogP contribution < -0.4 is 10.5 Å². The predicted octanol–water partition coefficient (Wildman–Crippen LogP) is 2.42. The second-order valence-electron chi connectivity index (χ2n) is 8.30. The van der Waals surface area contributed by atoms with Crippen LogP contribution in [0.2, 0.25) is 0 Å². The molecule has 0 unspecified atom stereocenters. The van der Waals surface area contributed by atoms with E-state index in [0.717, 1.165) is 5.69 Å². The number of benzene rings is 1. The minimum atomic E-state index is -0.422. The Balaban J connectivity index is 1.36. The molecule has 1 aromatic carbocycles. The molecule has 1 fully saturated rings. The van der Waals surface area contributed by atoms with Gasteiger partial charge in [-0.1, -0.05) is 43.9 Å². The Kier molecular flexibility index (Phi) is 5.98. The third-order valence-electron chi connectivity index (χ3n) is 5.03. The van der Waals surface area contributed by atoms with E-state index in [1.807, 2.05) is 25.7 Å². The first kappa shape index (κ1) is 21.7. The monoisotopic (exact) mass is 462 g/mol. The molecule has 0 aliphatic carbocycles. The fraction of sp³-hybridized carbons (Fsp3) is 0.450. The van der Waals surface area contributed by atoms with Crippen LogP contribution >= 0.6 is 23.1 Å². The Morgan fingerprint density at radius 2 is 1.81 bits per heavy atom. The SMILES string of the molecule is CC(C)(C)c1nnc2sc(SCC(=O)N3CCN(c4ccc(F)cc4)CC3)nn2c1=O. The number of nitrogens with zero attached hydrogens (tertiary/aromatic N) is 6. The summed E-state index contributed by atoms with van der Waals surface area (Å²) in [4.78, 5) is 29.7. The lowest BCUT2D eigenvalue weighted by Crippen LogP contribution is -2.49. The molecular weight excluding hydrogens is 439 g/mol. The normalized spacial score (nSPS) is 15.0. The number of anilines is 1. The summed E-state index contributed by atoms with van der Waals surface area (Å²) in [6.45, 7) is 8.32. The minimum Gasteiger partial charge on any atom is -0.368 e. The van der Waals surface area contributed by atoms with Gasteiger partial charge in [0.05, 0.1) is 5.75 Å². The molecule has 164 valence electrons. The van der Waals surface area contributed by atoms with Gasteiger partial charge in [-0.25, -0.2) is 4.39 Å². The fourth-order valence-electron chi connectivity index (χ4n) is 3.31. The number of carbonyl (C=O) groups excluding carboxylic acids is 1. The third-order valence-corrected chi connectivity index (χ3v) is 7.04. The second kappa shape index (κ2) is 8.54. The Morgan fingerprint density at radius 3 is 2.45 bits per heavy atom. The molecule has 3 heterocycles. The van der Waals surface area contributed by atoms with E-state index >= 15 is 0 Å². The van der Waals surface area contributed by atoms with Crippen molar-refractivity contribution in [3.05, 3.63) is 46.1 Å². The number of hydrogen-bond donors (Lipinski definition) is 0. The van der Waals surface area contributed by atoms with Gasteiger partial charge < -0.3 is 9.80 Å². The molecular formula is C20H23FN6O2S2. The van der Waals surface area contributed by atoms with Gasteiger partial charge in [-0.15, -0.1) is 15.3 Å². The van der Waals surface area contributed by atoms with Crippen LogP contribution in [0, 0.1) is 5.82 Å². The van der Waals surface area contributed by atoms with Gasteiger partial charge in [-0.2, -0.15) is 4.52 Å². The summed E-state index contributed by atoms with van der Waals surface area (Å²) < 4.78 is 15.0. The lowest BCUT2D eigenvalue weighted by Gasteiger charge is -2.36. The van der Waals surface area contributed by atoms with Gasteiger partial charge in [0.25, 0.3) is 5.56 Å². The lowest BCUT2D eigenvalue weighted by atomic mass is 9.93. The first-order valence-corrected chi connectivity index (χ1v) is 11.7. The van der Waals surface area contributed by atoms with Gasteiger partial charge in [0, 0.05) is 37.3 Å². The first-order chi connectivity index (χ1) is 14.7. The van der Waals surface area contributed by atoms with Crippen molar-refractivity contribution in [1.29, 1.82) is 0 Å². The maximum atomic E-state index is 13.1. The Bertz CT molecular complexity index is 1150. The Labute approximate surface area is 187 Å². The molecule has 0 radical (unpaired) electrons. The summed E-state index contributed by atoms with van der Waals surface area (Å²) in [5, 5.41) is 12.5. The number of rotatable bonds is 4. The molecule has 2 aromatic heterocycles. The Hall–Kier alpha value is -2.53. The van der Waals surface area contributed by atoms with Crippen molar-refractivity contribution >= 4 is 39.7 Å². The zero-order valence-corrected chi connectivity index (χ0v) is 19.2. The number of piperazine rings is 1. The quantitative estimate of drug-likeness (QED) is 0.551. The van der Waals surface area contributed by atoms with E-state index in [1.54, 1.807) is 12.1 Å². The molecule has 31 heavy (non-hydrogen) atoms. The average molecular weight is 463 g/mol. The summed E-state index contributed by atoms with van der Waals surface area (Å²) >= 11 is 2.55. The molecule has 1 aliphatic heterocycles. The highest BCUT2D eigenvalue weighted by molar-refractivity contribution is 8.01. The zero-order chi connectivity index (χ0) is 22.2. The summed E-state index contributed by atoms with van der Waals surface area (Å²) in [6.07, 6.45) is 0. The third kappa shape index (κ3) is 4.72. The predicted molar refractivity (Wildman–Crippen MR) is 120 cm³/mol. The van der Waals surface area contributed by atoms with Gasteiger partial charge >= 0.3 is 0 Å². The van der Waals surface area contributed by atoms with Crippen molar-refractivity contribution < 1.29 is 9.18 Å². The molecule has 0 atom stereocenters. The Morgan fingerprint density at radius 1 is 1.13 bits per heavy atom. The van der Waals surface area contributed by atoms with Crippen molar-refractivity contribution in [2.75, 3.05) is 36.8 Å². The number of aromatic nitrogens is 4. The largest absolute Gasteiger partial charge is 0.368 e. The van der Waals surface area contributed by atoms with Crippen LogP contribution in [0.1, 0.15) is 26.5 Å². The molecule has 0 N–H and O–H groups in total. The molecule has 0 spiro atoms. The summed E-state index contributed by atoms with van der Waals surface area (Å²) in [5.74, 6) is 0.00847. The van der Waals surface area contributed by atoms with Crippen molar-refractivity contribution in [1.82, 2.24) is 24.7 Å². The number of halogens is 1. The van der Waals surface area contributed by atoms with Gasteiger partial charge in [-0.3, -0.25) is 9.59 Å². The van der Waals surface area contributed by atoms with Crippen molar-refractivity contribution in [2.24, 2.45) is 0 Å². The lowest BCUT2D eigenvalue weighted by molar-refractivity contribution is -0.128. The second-order valence-corrected chi connectivity index (χ2v) is 10.5. The number of thioether (sulfide) groups is 1. The molecule has 1 saturated heterocycles. The maximum Gasteiger partial charge on any atom is 0.297 e. The van der Waals surface area contributed by atoms with Gasteiger partial charge in [-0.05, 0) is 24.3 Å². The molecule has 11 heteroatoms. The van der Waals surface area contributed by atoms with Crippen LogP contribution in [-0.4, -0.2) is 62.6 Å². The van der Waals surface area contributed by atoms with Crippen LogP contribution in [-0.2, 0) is 10.2 Å². The first-order valence-electron chi connectivity index (χ1n) is 9.90. The maximum absolute atomic E-state index is 13.1. The van der Waals surface area contributed by atoms with Crippen LogP contribution in [0.25, 0.3) is 4.96 Å². The summed E-state index contributed by atoms with van der Waals surface area (Å²) in [5.41, 5.74) is 0.623. The highest BCUT2D eigenvalue weighted by Gasteiger charge is 2.24. The van der Waals surface area contributed by atoms with Gasteiger partial charge in [0.2, 0.25) is 10.9 Å². The molecule has 3 aromatic rings. The van der Waals surface area contributed by atoms with E-state index in [-0.39, 0.29) is 23.0 Å². The molecule has 0 bridgehead atoms. The van der Waals surface area contributed by atoms with Crippen LogP contribution in [0.5, 0.6) is 0 Å². The van der Waals surface area contributed by atoms with Crippen molar-refractivity contribution in [2.45, 2.75) is 30.5 Å². The topological polar surface area (TPSA) is 83.7 Å². The van der Waals surface area contributed by atoms with Crippen molar-refractivity contribution in [3.8, 4) is 0 Å². The van der Waals surface area contributed by atoms with E-state index < -0.39 is 5.41 Å². The van der Waals surface area contributed by atoms with Crippen LogP contribution in [0.4, 0.5) is 10.1 Å². The molecule has 1 amide bonds. The van der Waals surface area contributed by atoms with Gasteiger partial charge in [0.1, 0.15) is 11.5 Å². The number of carbonyl (C=O) groups is 1. The van der Waals surface area contributed by atoms with Gasteiger partial charge in [0.15, 0.2) is 4.34 Å². The zero-order valence-electron chi connectivity index (χ0n) is 17.5. The van der Waals surface area contributed by atoms with E-state index in [2.05, 4.69) is 20.2 Å². The van der Waals surface area contributed by atoms with E-state index in [1.165, 1.54) is 39.7 Å². The molecule has 4 rings (SSSR count). The van der Waals surface area contributed by atoms with E-state index in [0.29, 0.717) is 41.2 Å². The summed E-state index contributed by atoms with van der Waals surface area (Å²) in [7, 11) is 0.